The Bertz CT molecular complexity index is 1730. The Morgan fingerprint density at radius 3 is 1.24 bits per heavy atom. The van der Waals surface area contributed by atoms with Crippen molar-refractivity contribution >= 4 is 23.5 Å². The average molecular weight is 661 g/mol. The maximum absolute atomic E-state index is 12.8. The zero-order chi connectivity index (χ0) is 35.1. The lowest BCUT2D eigenvalue weighted by Crippen LogP contribution is -2.20. The third-order valence-electron chi connectivity index (χ3n) is 6.95. The van der Waals surface area contributed by atoms with Gasteiger partial charge in [0.2, 0.25) is 11.6 Å². The molecule has 4 aromatic carbocycles. The van der Waals surface area contributed by atoms with Gasteiger partial charge in [-0.15, -0.1) is 0 Å². The molecule has 0 aliphatic rings. The summed E-state index contributed by atoms with van der Waals surface area (Å²) in [7, 11) is 0. The van der Waals surface area contributed by atoms with E-state index in [1.54, 1.807) is 97.1 Å². The van der Waals surface area contributed by atoms with Gasteiger partial charge in [-0.1, -0.05) is 132 Å². The fourth-order valence-corrected chi connectivity index (χ4v) is 4.53. The van der Waals surface area contributed by atoms with Gasteiger partial charge >= 0.3 is 11.9 Å². The highest BCUT2D eigenvalue weighted by atomic mass is 16.6. The van der Waals surface area contributed by atoms with Crippen LogP contribution in [0.3, 0.4) is 0 Å². The van der Waals surface area contributed by atoms with E-state index in [0.717, 1.165) is 0 Å². The van der Waals surface area contributed by atoms with Crippen molar-refractivity contribution in [1.29, 1.82) is 0 Å². The van der Waals surface area contributed by atoms with Gasteiger partial charge in [-0.3, -0.25) is 19.2 Å². The molecule has 0 heterocycles. The first-order valence-corrected chi connectivity index (χ1v) is 15.6. The summed E-state index contributed by atoms with van der Waals surface area (Å²) in [5, 5.41) is 6.79. The normalized spacial score (nSPS) is 11.2. The largest absolute Gasteiger partial charge is 0.449 e. The minimum atomic E-state index is -0.986. The minimum absolute atomic E-state index is 0.0877. The van der Waals surface area contributed by atoms with Gasteiger partial charge in [0.1, 0.15) is 0 Å². The van der Waals surface area contributed by atoms with Crippen molar-refractivity contribution in [2.24, 2.45) is 10.2 Å². The number of ether oxygens (including phenoxy) is 2. The lowest BCUT2D eigenvalue weighted by atomic mass is 10.00. The van der Waals surface area contributed by atoms with E-state index in [9.17, 15) is 19.2 Å². The van der Waals surface area contributed by atoms with Crippen molar-refractivity contribution in [2.45, 2.75) is 44.3 Å². The van der Waals surface area contributed by atoms with Crippen LogP contribution in [0.25, 0.3) is 20.9 Å². The summed E-state index contributed by atoms with van der Waals surface area (Å²) in [4.78, 5) is 54.9. The summed E-state index contributed by atoms with van der Waals surface area (Å²) in [6, 6.07) is 35.3. The number of esters is 2. The summed E-state index contributed by atoms with van der Waals surface area (Å²) >= 11 is 0. The van der Waals surface area contributed by atoms with E-state index in [1.807, 2.05) is 24.3 Å². The van der Waals surface area contributed by atoms with Crippen molar-refractivity contribution in [3.8, 4) is 0 Å². The van der Waals surface area contributed by atoms with Crippen molar-refractivity contribution in [2.75, 3.05) is 13.1 Å². The smallest absolute Gasteiger partial charge is 0.306 e. The summed E-state index contributed by atoms with van der Waals surface area (Å²) in [5.41, 5.74) is 18.7. The third-order valence-corrected chi connectivity index (χ3v) is 6.95. The van der Waals surface area contributed by atoms with E-state index in [1.165, 1.54) is 0 Å². The Labute approximate surface area is 283 Å². The van der Waals surface area contributed by atoms with Crippen LogP contribution in [0.2, 0.25) is 0 Å². The Balaban J connectivity index is 0.000000266. The summed E-state index contributed by atoms with van der Waals surface area (Å²) in [6.07, 6.45) is -0.171. The molecule has 4 aromatic rings. The van der Waals surface area contributed by atoms with Gasteiger partial charge < -0.3 is 9.47 Å². The van der Waals surface area contributed by atoms with Crippen molar-refractivity contribution < 1.29 is 28.7 Å². The first-order chi connectivity index (χ1) is 23.9. The van der Waals surface area contributed by atoms with Crippen LogP contribution >= 0.6 is 0 Å². The van der Waals surface area contributed by atoms with E-state index in [0.29, 0.717) is 48.1 Å². The molecule has 0 N–H and O–H groups in total. The molecule has 0 aromatic heterocycles. The van der Waals surface area contributed by atoms with Crippen molar-refractivity contribution in [3.63, 3.8) is 0 Å². The van der Waals surface area contributed by atoms with E-state index < -0.39 is 24.1 Å². The topological polar surface area (TPSA) is 184 Å². The molecule has 2 atom stereocenters. The molecule has 12 nitrogen and oxygen atoms in total. The predicted molar refractivity (Wildman–Crippen MR) is 183 cm³/mol. The molecule has 0 aliphatic heterocycles. The minimum Gasteiger partial charge on any atom is -0.449 e. The van der Waals surface area contributed by atoms with Crippen molar-refractivity contribution in [3.05, 3.63) is 164 Å². The summed E-state index contributed by atoms with van der Waals surface area (Å²) < 4.78 is 10.9. The van der Waals surface area contributed by atoms with E-state index in [2.05, 4.69) is 20.1 Å². The van der Waals surface area contributed by atoms with Gasteiger partial charge in [-0.2, -0.15) is 0 Å². The number of hydrogen-bond acceptors (Lipinski definition) is 8. The number of Topliss-reactive ketones (excluding diaryl/α,β-unsaturated/α-hetero) is 2. The highest BCUT2D eigenvalue weighted by molar-refractivity contribution is 6.01. The number of benzene rings is 4. The Kier molecular flexibility index (Phi) is 16.4. The molecule has 0 saturated heterocycles. The molecule has 0 spiro atoms. The number of carbonyl (C=O) groups is 4. The highest BCUT2D eigenvalue weighted by Gasteiger charge is 2.27. The highest BCUT2D eigenvalue weighted by Crippen LogP contribution is 2.25. The molecule has 0 fully saturated rings. The number of carbonyl (C=O) groups excluding carboxylic acids is 4. The molecule has 0 saturated carbocycles. The second kappa shape index (κ2) is 21.6. The predicted octanol–water partition coefficient (Wildman–Crippen LogP) is 8.88. The molecular formula is C37H36N6O6. The molecule has 12 heteroatoms. The third kappa shape index (κ3) is 13.2. The Hall–Kier alpha value is -6.22. The fourth-order valence-electron chi connectivity index (χ4n) is 4.53. The van der Waals surface area contributed by atoms with Crippen LogP contribution in [-0.4, -0.2) is 36.6 Å². The van der Waals surface area contributed by atoms with E-state index >= 15 is 0 Å². The van der Waals surface area contributed by atoms with Crippen LogP contribution in [0.4, 0.5) is 0 Å². The van der Waals surface area contributed by atoms with Gasteiger partial charge in [0.25, 0.3) is 0 Å². The monoisotopic (exact) mass is 660 g/mol. The molecular weight excluding hydrogens is 624 g/mol. The van der Waals surface area contributed by atoms with Crippen LogP contribution in [0.1, 0.15) is 76.2 Å². The molecule has 2 unspecified atom stereocenters. The van der Waals surface area contributed by atoms with Crippen LogP contribution in [0, 0.1) is 0 Å². The number of unbranched alkanes of at least 4 members (excludes halogenated alkanes) is 1. The summed E-state index contributed by atoms with van der Waals surface area (Å²) in [5.74, 6) is -1.47. The van der Waals surface area contributed by atoms with E-state index in [4.69, 9.17) is 20.5 Å². The number of hydrogen-bond donors (Lipinski definition) is 0. The fraction of sp³-hybridized carbons (Fsp3) is 0.243. The maximum Gasteiger partial charge on any atom is 0.306 e. The summed E-state index contributed by atoms with van der Waals surface area (Å²) in [6.45, 7) is 0.559. The van der Waals surface area contributed by atoms with Crippen LogP contribution < -0.4 is 0 Å². The first-order valence-electron chi connectivity index (χ1n) is 15.6. The quantitative estimate of drug-likeness (QED) is 0.0272. The standard InChI is InChI=1S/C19H19N3O3.C18H17N3O3/c20-22-21-14-8-7-13-17(23)25-19(16-11-5-2-6-12-16)18(24)15-9-3-1-4-10-15;19-21-20-13-7-12-16(22)24-18(15-10-5-2-6-11-15)17(23)14-8-3-1-4-9-14/h1-6,9-12,19H,7-8,13-14H2;1-6,8-11,18H,7,12-13H2. The Morgan fingerprint density at radius 2 is 0.857 bits per heavy atom. The number of azide groups is 2. The van der Waals surface area contributed by atoms with E-state index in [-0.39, 0.29) is 31.0 Å². The molecule has 49 heavy (non-hydrogen) atoms. The number of ketones is 2. The van der Waals surface area contributed by atoms with Gasteiger partial charge in [0, 0.05) is 58.0 Å². The first kappa shape index (κ1) is 37.2. The molecule has 4 rings (SSSR count). The maximum atomic E-state index is 12.8. The van der Waals surface area contributed by atoms with Crippen LogP contribution in [-0.2, 0) is 19.1 Å². The number of nitrogens with zero attached hydrogens (tertiary/aromatic N) is 6. The lowest BCUT2D eigenvalue weighted by molar-refractivity contribution is -0.148. The molecule has 250 valence electrons. The zero-order valence-electron chi connectivity index (χ0n) is 26.8. The molecule has 0 amide bonds. The second-order valence-electron chi connectivity index (χ2n) is 10.5. The van der Waals surface area contributed by atoms with Gasteiger partial charge in [0.15, 0.2) is 12.2 Å². The van der Waals surface area contributed by atoms with Gasteiger partial charge in [-0.05, 0) is 30.3 Å². The van der Waals surface area contributed by atoms with Crippen molar-refractivity contribution in [1.82, 2.24) is 0 Å². The lowest BCUT2D eigenvalue weighted by Gasteiger charge is -2.17. The van der Waals surface area contributed by atoms with Gasteiger partial charge in [0.05, 0.1) is 0 Å². The Morgan fingerprint density at radius 1 is 0.510 bits per heavy atom. The average Bonchev–Trinajstić information content (AvgIpc) is 3.15. The molecule has 0 radical (unpaired) electrons. The van der Waals surface area contributed by atoms with Gasteiger partial charge in [-0.25, -0.2) is 0 Å². The van der Waals surface area contributed by atoms with Crippen LogP contribution in [0.15, 0.2) is 132 Å². The van der Waals surface area contributed by atoms with Crippen LogP contribution in [0.5, 0.6) is 0 Å². The SMILES string of the molecule is [N-]=[N+]=NCCCC(=O)OC(C(=O)c1ccccc1)c1ccccc1.[N-]=[N+]=NCCCCC(=O)OC(C(=O)c1ccccc1)c1ccccc1. The second-order valence-corrected chi connectivity index (χ2v) is 10.5. The molecule has 0 aliphatic carbocycles. The number of rotatable bonds is 17. The molecule has 0 bridgehead atoms. The zero-order valence-corrected chi connectivity index (χ0v) is 26.8.